The van der Waals surface area contributed by atoms with Gasteiger partial charge in [-0.1, -0.05) is 133 Å². The molecule has 6 nitrogen and oxygen atoms in total. The van der Waals surface area contributed by atoms with Crippen LogP contribution in [0.3, 0.4) is 0 Å². The smallest absolute Gasteiger partial charge is 0.164 e. The zero-order valence-electron chi connectivity index (χ0n) is 30.4. The molecule has 8 aromatic carbocycles. The summed E-state index contributed by atoms with van der Waals surface area (Å²) in [7, 11) is 0. The summed E-state index contributed by atoms with van der Waals surface area (Å²) >= 11 is 0. The third-order valence-corrected chi connectivity index (χ3v) is 11.1. The molecular formula is C51H30N4O2. The summed E-state index contributed by atoms with van der Waals surface area (Å²) in [5, 5.41) is 6.62. The largest absolute Gasteiger partial charge is 0.456 e. The molecule has 0 N–H and O–H groups in total. The molecule has 0 unspecified atom stereocenters. The lowest BCUT2D eigenvalue weighted by Crippen LogP contribution is -2.00. The molecule has 4 heterocycles. The van der Waals surface area contributed by atoms with E-state index in [1.807, 2.05) is 60.7 Å². The maximum Gasteiger partial charge on any atom is 0.164 e. The van der Waals surface area contributed by atoms with E-state index in [0.717, 1.165) is 88.4 Å². The quantitative estimate of drug-likeness (QED) is 0.176. The van der Waals surface area contributed by atoms with E-state index in [1.54, 1.807) is 0 Å². The number of hydrogen-bond donors (Lipinski definition) is 0. The Morgan fingerprint density at radius 1 is 0.351 bits per heavy atom. The molecule has 0 radical (unpaired) electrons. The van der Waals surface area contributed by atoms with Crippen LogP contribution in [0, 0.1) is 0 Å². The van der Waals surface area contributed by atoms with Gasteiger partial charge in [-0.15, -0.1) is 0 Å². The van der Waals surface area contributed by atoms with Crippen molar-refractivity contribution in [2.24, 2.45) is 0 Å². The van der Waals surface area contributed by atoms with Gasteiger partial charge in [-0.3, -0.25) is 0 Å². The van der Waals surface area contributed by atoms with E-state index >= 15 is 0 Å². The van der Waals surface area contributed by atoms with Crippen LogP contribution in [0.4, 0.5) is 0 Å². The molecule has 0 fully saturated rings. The molecule has 266 valence electrons. The SMILES string of the molecule is c1ccc(-c2nc(-c3ccc4c(c3)oc3c(-n5c6ccccc6c6ccccc65)cccc34)nc(-c3ccc4c(c3)oc3cccc(-c5ccccc5)c34)n2)cc1. The van der Waals surface area contributed by atoms with Crippen LogP contribution in [0.25, 0.3) is 117 Å². The molecule has 0 aliphatic rings. The summed E-state index contributed by atoms with van der Waals surface area (Å²) in [6.45, 7) is 0. The van der Waals surface area contributed by atoms with Crippen molar-refractivity contribution in [3.63, 3.8) is 0 Å². The highest BCUT2D eigenvalue weighted by Crippen LogP contribution is 2.40. The molecule has 12 rings (SSSR count). The lowest BCUT2D eigenvalue weighted by molar-refractivity contribution is 0.666. The lowest BCUT2D eigenvalue weighted by atomic mass is 9.99. The number of para-hydroxylation sites is 3. The van der Waals surface area contributed by atoms with Crippen LogP contribution in [-0.4, -0.2) is 19.5 Å². The monoisotopic (exact) mass is 730 g/mol. The average Bonchev–Trinajstić information content (AvgIpc) is 3.96. The fourth-order valence-corrected chi connectivity index (χ4v) is 8.45. The lowest BCUT2D eigenvalue weighted by Gasteiger charge is -2.08. The Kier molecular flexibility index (Phi) is 6.83. The van der Waals surface area contributed by atoms with E-state index in [9.17, 15) is 0 Å². The molecule has 4 aromatic heterocycles. The van der Waals surface area contributed by atoms with Gasteiger partial charge in [0.25, 0.3) is 0 Å². The zero-order valence-corrected chi connectivity index (χ0v) is 30.4. The molecule has 12 aromatic rings. The number of nitrogens with zero attached hydrogens (tertiary/aromatic N) is 4. The maximum atomic E-state index is 6.81. The average molecular weight is 731 g/mol. The minimum Gasteiger partial charge on any atom is -0.456 e. The van der Waals surface area contributed by atoms with Gasteiger partial charge < -0.3 is 13.4 Å². The Hall–Kier alpha value is -7.83. The van der Waals surface area contributed by atoms with Crippen molar-refractivity contribution in [1.82, 2.24) is 19.5 Å². The Morgan fingerprint density at radius 2 is 0.895 bits per heavy atom. The maximum absolute atomic E-state index is 6.81. The van der Waals surface area contributed by atoms with Gasteiger partial charge >= 0.3 is 0 Å². The zero-order chi connectivity index (χ0) is 37.5. The Morgan fingerprint density at radius 3 is 1.58 bits per heavy atom. The van der Waals surface area contributed by atoms with Gasteiger partial charge in [-0.25, -0.2) is 15.0 Å². The minimum atomic E-state index is 0.555. The van der Waals surface area contributed by atoms with Crippen LogP contribution in [0.5, 0.6) is 0 Å². The minimum absolute atomic E-state index is 0.555. The molecular weight excluding hydrogens is 701 g/mol. The second-order valence-corrected chi connectivity index (χ2v) is 14.4. The first kappa shape index (κ1) is 31.5. The molecule has 0 amide bonds. The second kappa shape index (κ2) is 12.3. The summed E-state index contributed by atoms with van der Waals surface area (Å²) in [6, 6.07) is 62.6. The molecule has 57 heavy (non-hydrogen) atoms. The first-order valence-corrected chi connectivity index (χ1v) is 19.0. The Balaban J connectivity index is 1.02. The summed E-state index contributed by atoms with van der Waals surface area (Å²) in [5.74, 6) is 1.70. The van der Waals surface area contributed by atoms with Gasteiger partial charge in [-0.2, -0.15) is 0 Å². The van der Waals surface area contributed by atoms with Crippen LogP contribution in [-0.2, 0) is 0 Å². The van der Waals surface area contributed by atoms with Crippen molar-refractivity contribution >= 4 is 65.7 Å². The van der Waals surface area contributed by atoms with E-state index < -0.39 is 0 Å². The predicted molar refractivity (Wildman–Crippen MR) is 230 cm³/mol. The third-order valence-electron chi connectivity index (χ3n) is 11.1. The number of aromatic nitrogens is 4. The van der Waals surface area contributed by atoms with E-state index in [1.165, 1.54) is 10.8 Å². The first-order valence-electron chi connectivity index (χ1n) is 19.0. The van der Waals surface area contributed by atoms with Gasteiger partial charge in [0, 0.05) is 49.0 Å². The summed E-state index contributed by atoms with van der Waals surface area (Å²) in [4.78, 5) is 15.2. The van der Waals surface area contributed by atoms with Crippen molar-refractivity contribution in [3.05, 3.63) is 182 Å². The summed E-state index contributed by atoms with van der Waals surface area (Å²) < 4.78 is 15.6. The van der Waals surface area contributed by atoms with Crippen LogP contribution in [0.15, 0.2) is 191 Å². The fraction of sp³-hybridized carbons (Fsp3) is 0. The van der Waals surface area contributed by atoms with Crippen molar-refractivity contribution in [1.29, 1.82) is 0 Å². The molecule has 0 saturated heterocycles. The highest BCUT2D eigenvalue weighted by molar-refractivity contribution is 6.14. The highest BCUT2D eigenvalue weighted by atomic mass is 16.3. The van der Waals surface area contributed by atoms with Crippen molar-refractivity contribution in [2.45, 2.75) is 0 Å². The van der Waals surface area contributed by atoms with Gasteiger partial charge in [-0.05, 0) is 59.7 Å². The molecule has 0 aliphatic carbocycles. The number of rotatable bonds is 5. The van der Waals surface area contributed by atoms with E-state index in [4.69, 9.17) is 23.8 Å². The van der Waals surface area contributed by atoms with Gasteiger partial charge in [0.05, 0.1) is 16.7 Å². The van der Waals surface area contributed by atoms with E-state index in [-0.39, 0.29) is 0 Å². The van der Waals surface area contributed by atoms with Gasteiger partial charge in [0.2, 0.25) is 0 Å². The van der Waals surface area contributed by atoms with Crippen molar-refractivity contribution in [3.8, 4) is 51.0 Å². The molecule has 0 aliphatic heterocycles. The van der Waals surface area contributed by atoms with Crippen molar-refractivity contribution in [2.75, 3.05) is 0 Å². The molecule has 0 spiro atoms. The van der Waals surface area contributed by atoms with E-state index in [2.05, 4.69) is 126 Å². The fourth-order valence-electron chi connectivity index (χ4n) is 8.45. The first-order chi connectivity index (χ1) is 28.2. The topological polar surface area (TPSA) is 69.9 Å². The number of fused-ring (bicyclic) bond motifs is 9. The number of hydrogen-bond acceptors (Lipinski definition) is 5. The third kappa shape index (κ3) is 4.94. The van der Waals surface area contributed by atoms with Crippen LogP contribution < -0.4 is 0 Å². The number of furan rings is 2. The molecule has 0 saturated carbocycles. The molecule has 6 heteroatoms. The second-order valence-electron chi connectivity index (χ2n) is 14.4. The Bertz CT molecular complexity index is 3470. The van der Waals surface area contributed by atoms with Crippen LogP contribution >= 0.6 is 0 Å². The highest BCUT2D eigenvalue weighted by Gasteiger charge is 2.20. The van der Waals surface area contributed by atoms with Crippen molar-refractivity contribution < 1.29 is 8.83 Å². The predicted octanol–water partition coefficient (Wildman–Crippen LogP) is 13.4. The molecule has 0 bridgehead atoms. The van der Waals surface area contributed by atoms with Crippen LogP contribution in [0.2, 0.25) is 0 Å². The van der Waals surface area contributed by atoms with Gasteiger partial charge in [0.15, 0.2) is 23.1 Å². The molecule has 0 atom stereocenters. The van der Waals surface area contributed by atoms with Gasteiger partial charge in [0.1, 0.15) is 16.7 Å². The summed E-state index contributed by atoms with van der Waals surface area (Å²) in [5.41, 5.74) is 11.3. The summed E-state index contributed by atoms with van der Waals surface area (Å²) in [6.07, 6.45) is 0. The van der Waals surface area contributed by atoms with E-state index in [0.29, 0.717) is 17.5 Å². The van der Waals surface area contributed by atoms with Crippen LogP contribution in [0.1, 0.15) is 0 Å². The normalized spacial score (nSPS) is 11.9. The standard InChI is InChI=1S/C51H30N4O2/c1-3-13-31(14-4-1)35-19-12-24-44-47(35)40-28-26-34(30-46(40)56-44)51-53-49(32-15-5-2-6-16-32)52-50(54-51)33-25-27-38-39-20-11-23-43(48(39)57-45(38)29-33)55-41-21-9-7-17-36(41)37-18-8-10-22-42(37)55/h1-30H. The number of benzene rings is 8. The Labute approximate surface area is 325 Å².